The number of methoxy groups -OCH3 is 1. The average Bonchev–Trinajstić information content (AvgIpc) is 3.46. The zero-order chi connectivity index (χ0) is 24.3. The number of ether oxygens (including phenoxy) is 1. The number of thioether (sulfide) groups is 1. The topological polar surface area (TPSA) is 106 Å². The number of amides is 1. The first-order valence-electron chi connectivity index (χ1n) is 11.3. The van der Waals surface area contributed by atoms with Gasteiger partial charge in [0.2, 0.25) is 11.1 Å². The van der Waals surface area contributed by atoms with E-state index in [1.165, 1.54) is 16.6 Å². The van der Waals surface area contributed by atoms with Crippen LogP contribution < -0.4 is 10.1 Å². The highest BCUT2D eigenvalue weighted by Crippen LogP contribution is 2.45. The Kier molecular flexibility index (Phi) is 7.24. The highest BCUT2D eigenvalue weighted by molar-refractivity contribution is 7.99. The lowest BCUT2D eigenvalue weighted by molar-refractivity contribution is -0.113. The van der Waals surface area contributed by atoms with Crippen molar-refractivity contribution in [2.45, 2.75) is 51.6 Å². The minimum Gasteiger partial charge on any atom is -0.497 e. The number of hydrogen-bond acceptors (Lipinski definition) is 8. The molecule has 1 aromatic carbocycles. The van der Waals surface area contributed by atoms with Crippen molar-refractivity contribution in [3.63, 3.8) is 0 Å². The van der Waals surface area contributed by atoms with Gasteiger partial charge in [-0.25, -0.2) is 0 Å². The van der Waals surface area contributed by atoms with E-state index in [-0.39, 0.29) is 17.1 Å². The van der Waals surface area contributed by atoms with Gasteiger partial charge in [0.15, 0.2) is 0 Å². The van der Waals surface area contributed by atoms with Crippen LogP contribution in [-0.2, 0) is 17.6 Å². The van der Waals surface area contributed by atoms with Crippen molar-refractivity contribution in [1.82, 2.24) is 20.2 Å². The number of fused-ring (bicyclic) bond motifs is 1. The molecule has 1 aliphatic carbocycles. The summed E-state index contributed by atoms with van der Waals surface area (Å²) in [5.74, 6) is 1.28. The minimum absolute atomic E-state index is 0.134. The third-order valence-electron chi connectivity index (χ3n) is 6.74. The fourth-order valence-electron chi connectivity index (χ4n) is 4.20. The van der Waals surface area contributed by atoms with Crippen molar-refractivity contribution in [1.29, 1.82) is 5.26 Å². The maximum atomic E-state index is 12.8. The molecule has 0 aliphatic heterocycles. The Balaban J connectivity index is 1.43. The molecular formula is C24H28N6O2S2. The highest BCUT2D eigenvalue weighted by atomic mass is 32.2. The van der Waals surface area contributed by atoms with E-state index in [2.05, 4.69) is 47.7 Å². The average molecular weight is 497 g/mol. The van der Waals surface area contributed by atoms with E-state index < -0.39 is 0 Å². The van der Waals surface area contributed by atoms with Gasteiger partial charge in [-0.1, -0.05) is 39.0 Å². The first-order chi connectivity index (χ1) is 16.4. The van der Waals surface area contributed by atoms with E-state index in [9.17, 15) is 10.1 Å². The lowest BCUT2D eigenvalue weighted by atomic mass is 9.69. The molecule has 2 aromatic heterocycles. The number of carbonyl (C=O) groups is 1. The van der Waals surface area contributed by atoms with Crippen LogP contribution in [-0.4, -0.2) is 39.0 Å². The van der Waals surface area contributed by atoms with Crippen LogP contribution >= 0.6 is 23.1 Å². The van der Waals surface area contributed by atoms with Crippen molar-refractivity contribution in [3.8, 4) is 17.5 Å². The summed E-state index contributed by atoms with van der Waals surface area (Å²) in [6, 6.07) is 9.68. The Morgan fingerprint density at radius 1 is 1.38 bits per heavy atom. The van der Waals surface area contributed by atoms with E-state index in [0.29, 0.717) is 21.6 Å². The summed E-state index contributed by atoms with van der Waals surface area (Å²) < 4.78 is 6.77. The zero-order valence-electron chi connectivity index (χ0n) is 19.8. The van der Waals surface area contributed by atoms with Crippen LogP contribution in [0.15, 0.2) is 29.4 Å². The maximum Gasteiger partial charge on any atom is 0.235 e. The van der Waals surface area contributed by atoms with Crippen molar-refractivity contribution in [2.24, 2.45) is 11.3 Å². The summed E-state index contributed by atoms with van der Waals surface area (Å²) in [5.41, 5.74) is 2.77. The normalized spacial score (nSPS) is 15.4. The van der Waals surface area contributed by atoms with Gasteiger partial charge in [-0.3, -0.25) is 4.79 Å². The summed E-state index contributed by atoms with van der Waals surface area (Å²) in [6.07, 6.45) is 4.07. The van der Waals surface area contributed by atoms with Gasteiger partial charge in [0.05, 0.1) is 24.1 Å². The zero-order valence-corrected chi connectivity index (χ0v) is 21.4. The van der Waals surface area contributed by atoms with Crippen LogP contribution in [0, 0.1) is 22.7 Å². The van der Waals surface area contributed by atoms with Crippen LogP contribution in [0.1, 0.15) is 49.6 Å². The summed E-state index contributed by atoms with van der Waals surface area (Å²) in [4.78, 5) is 14.0. The third kappa shape index (κ3) is 4.95. The summed E-state index contributed by atoms with van der Waals surface area (Å²) in [7, 11) is 1.61. The molecule has 1 amide bonds. The Hall–Kier alpha value is -2.90. The lowest BCUT2D eigenvalue weighted by Crippen LogP contribution is -2.28. The minimum atomic E-state index is -0.185. The van der Waals surface area contributed by atoms with Crippen LogP contribution in [0.25, 0.3) is 5.69 Å². The Bertz CT molecular complexity index is 1210. The van der Waals surface area contributed by atoms with Crippen LogP contribution in [0.5, 0.6) is 5.75 Å². The monoisotopic (exact) mass is 496 g/mol. The quantitative estimate of drug-likeness (QED) is 0.443. The first-order valence-corrected chi connectivity index (χ1v) is 13.1. The van der Waals surface area contributed by atoms with Gasteiger partial charge in [0, 0.05) is 4.88 Å². The molecule has 178 valence electrons. The molecular weight excluding hydrogens is 468 g/mol. The maximum absolute atomic E-state index is 12.8. The molecule has 0 radical (unpaired) electrons. The third-order valence-corrected chi connectivity index (χ3v) is 8.83. The molecule has 0 unspecified atom stereocenters. The summed E-state index contributed by atoms with van der Waals surface area (Å²) >= 11 is 2.80. The SMILES string of the molecule is CCC(C)(C)[C@H]1CCc2c(sc(NC(=O)CSc3nnnn3-c3ccc(OC)cc3)c2C#N)C1. The number of aromatic nitrogens is 4. The Morgan fingerprint density at radius 3 is 2.82 bits per heavy atom. The molecule has 1 atom stereocenters. The van der Waals surface area contributed by atoms with E-state index in [4.69, 9.17) is 4.74 Å². The fourth-order valence-corrected chi connectivity index (χ4v) is 6.18. The smallest absolute Gasteiger partial charge is 0.235 e. The molecule has 0 spiro atoms. The largest absolute Gasteiger partial charge is 0.497 e. The molecule has 3 aromatic rings. The van der Waals surface area contributed by atoms with E-state index in [1.54, 1.807) is 23.1 Å². The second-order valence-corrected chi connectivity index (χ2v) is 11.1. The summed E-state index contributed by atoms with van der Waals surface area (Å²) in [6.45, 7) is 6.88. The van der Waals surface area contributed by atoms with Gasteiger partial charge < -0.3 is 10.1 Å². The number of hydrogen-bond donors (Lipinski definition) is 1. The van der Waals surface area contributed by atoms with Crippen molar-refractivity contribution in [2.75, 3.05) is 18.2 Å². The van der Waals surface area contributed by atoms with Gasteiger partial charge in [-0.15, -0.1) is 16.4 Å². The van der Waals surface area contributed by atoms with Crippen molar-refractivity contribution in [3.05, 3.63) is 40.3 Å². The molecule has 0 saturated carbocycles. The standard InChI is InChI=1S/C24H28N6O2S2/c1-5-24(2,3)15-6-11-18-19(13-25)22(34-20(18)12-15)26-21(31)14-33-23-27-28-29-30(23)16-7-9-17(32-4)10-8-16/h7-10,15H,5-6,11-12,14H2,1-4H3,(H,26,31)/t15-/m0/s1. The summed E-state index contributed by atoms with van der Waals surface area (Å²) in [5, 5.41) is 25.7. The van der Waals surface area contributed by atoms with Crippen LogP contribution in [0.3, 0.4) is 0 Å². The predicted molar refractivity (Wildman–Crippen MR) is 134 cm³/mol. The predicted octanol–water partition coefficient (Wildman–Crippen LogP) is 4.88. The number of nitrogens with one attached hydrogen (secondary N) is 1. The number of rotatable bonds is 8. The molecule has 2 heterocycles. The van der Waals surface area contributed by atoms with Crippen molar-refractivity contribution < 1.29 is 9.53 Å². The Labute approximate surface area is 207 Å². The lowest BCUT2D eigenvalue weighted by Gasteiger charge is -2.36. The number of nitriles is 1. The van der Waals surface area contributed by atoms with Gasteiger partial charge >= 0.3 is 0 Å². The molecule has 8 nitrogen and oxygen atoms in total. The number of anilines is 1. The number of thiophene rings is 1. The van der Waals surface area contributed by atoms with Crippen molar-refractivity contribution >= 4 is 34.0 Å². The van der Waals surface area contributed by atoms with Gasteiger partial charge in [0.1, 0.15) is 16.8 Å². The number of benzene rings is 1. The van der Waals surface area contributed by atoms with Crippen LogP contribution in [0.2, 0.25) is 0 Å². The molecule has 1 aliphatic rings. The number of tetrazole rings is 1. The van der Waals surface area contributed by atoms with Crippen LogP contribution in [0.4, 0.5) is 5.00 Å². The molecule has 4 rings (SSSR count). The van der Waals surface area contributed by atoms with E-state index >= 15 is 0 Å². The number of nitrogens with zero attached hydrogens (tertiary/aromatic N) is 5. The highest BCUT2D eigenvalue weighted by Gasteiger charge is 2.34. The second kappa shape index (κ2) is 10.2. The number of carbonyl (C=O) groups excluding carboxylic acids is 1. The molecule has 0 saturated heterocycles. The molecule has 10 heteroatoms. The molecule has 34 heavy (non-hydrogen) atoms. The first kappa shape index (κ1) is 24.2. The molecule has 0 bridgehead atoms. The van der Waals surface area contributed by atoms with Gasteiger partial charge in [-0.05, 0) is 70.9 Å². The molecule has 0 fully saturated rings. The fraction of sp³-hybridized carbons (Fsp3) is 0.458. The molecule has 1 N–H and O–H groups in total. The van der Waals surface area contributed by atoms with E-state index in [0.717, 1.165) is 42.7 Å². The second-order valence-electron chi connectivity index (χ2n) is 9.01. The Morgan fingerprint density at radius 2 is 2.15 bits per heavy atom. The van der Waals surface area contributed by atoms with E-state index in [1.807, 2.05) is 24.3 Å². The van der Waals surface area contributed by atoms with Gasteiger partial charge in [0.25, 0.3) is 0 Å². The van der Waals surface area contributed by atoms with Gasteiger partial charge in [-0.2, -0.15) is 9.94 Å².